The van der Waals surface area contributed by atoms with Gasteiger partial charge in [0, 0.05) is 0 Å². The molecule has 0 fully saturated rings. The molecule has 52 valence electrons. The fraction of sp³-hybridized carbons (Fsp3) is 0.400. The summed E-state index contributed by atoms with van der Waals surface area (Å²) in [6.07, 6.45) is 0. The molecule has 0 unspecified atom stereocenters. The molecule has 0 bridgehead atoms. The zero-order valence-corrected chi connectivity index (χ0v) is 8.66. The Morgan fingerprint density at radius 1 is 1.44 bits per heavy atom. The number of nitrogens with zero attached hydrogens (tertiary/aromatic N) is 1. The van der Waals surface area contributed by atoms with Crippen LogP contribution in [0.4, 0.5) is 4.79 Å². The normalized spacial score (nSPS) is 7.89. The van der Waals surface area contributed by atoms with Crippen molar-refractivity contribution in [3.8, 4) is 0 Å². The van der Waals surface area contributed by atoms with Crippen LogP contribution in [0.5, 0.6) is 0 Å². The molecule has 0 aliphatic heterocycles. The molecule has 0 rings (SSSR count). The molecule has 1 amide bonds. The van der Waals surface area contributed by atoms with Gasteiger partial charge in [-0.25, -0.2) is 0 Å². The third-order valence-corrected chi connectivity index (χ3v) is 1.03. The van der Waals surface area contributed by atoms with Crippen LogP contribution in [0.1, 0.15) is 0 Å². The van der Waals surface area contributed by atoms with Crippen LogP contribution in [0, 0.1) is 13.8 Å². The van der Waals surface area contributed by atoms with E-state index in [1.165, 1.54) is 4.90 Å². The minimum Gasteiger partial charge on any atom is -0.389 e. The summed E-state index contributed by atoms with van der Waals surface area (Å²) in [4.78, 5) is 11.5. The van der Waals surface area contributed by atoms with Crippen molar-refractivity contribution in [3.05, 3.63) is 13.8 Å². The maximum Gasteiger partial charge on any atom is 2.00 e. The predicted molar refractivity (Wildman–Crippen MR) is 33.5 cm³/mol. The quantitative estimate of drug-likeness (QED) is 0.427. The molecule has 0 aromatic carbocycles. The van der Waals surface area contributed by atoms with Crippen LogP contribution in [0.3, 0.4) is 0 Å². The SMILES string of the molecule is [CH2-]CN(C[CH2-])C(=O)Cl.[W+2]. The van der Waals surface area contributed by atoms with Crippen molar-refractivity contribution < 1.29 is 25.9 Å². The first-order valence-electron chi connectivity index (χ1n) is 2.25. The van der Waals surface area contributed by atoms with E-state index in [4.69, 9.17) is 11.6 Å². The van der Waals surface area contributed by atoms with Crippen molar-refractivity contribution in [2.45, 2.75) is 0 Å². The predicted octanol–water partition coefficient (Wildman–Crippen LogP) is 1.31. The molecule has 0 radical (unpaired) electrons. The second-order valence-electron chi connectivity index (χ2n) is 1.24. The van der Waals surface area contributed by atoms with Crippen molar-refractivity contribution in [1.82, 2.24) is 4.90 Å². The summed E-state index contributed by atoms with van der Waals surface area (Å²) in [5.41, 5.74) is 0. The van der Waals surface area contributed by atoms with Crippen LogP contribution in [-0.2, 0) is 21.1 Å². The van der Waals surface area contributed by atoms with Crippen molar-refractivity contribution in [2.75, 3.05) is 13.1 Å². The zero-order chi connectivity index (χ0) is 6.57. The van der Waals surface area contributed by atoms with E-state index in [0.29, 0.717) is 13.1 Å². The maximum absolute atomic E-state index is 10.2. The molecule has 2 nitrogen and oxygen atoms in total. The molecule has 0 saturated heterocycles. The van der Waals surface area contributed by atoms with Crippen LogP contribution in [0.15, 0.2) is 0 Å². The second kappa shape index (κ2) is 6.57. The van der Waals surface area contributed by atoms with Crippen LogP contribution in [-0.4, -0.2) is 23.4 Å². The van der Waals surface area contributed by atoms with Gasteiger partial charge in [0.2, 0.25) is 0 Å². The van der Waals surface area contributed by atoms with Gasteiger partial charge in [-0.1, -0.05) is 0 Å². The zero-order valence-electron chi connectivity index (χ0n) is 4.97. The fourth-order valence-corrected chi connectivity index (χ4v) is 0.457. The van der Waals surface area contributed by atoms with Gasteiger partial charge in [0.15, 0.2) is 0 Å². The van der Waals surface area contributed by atoms with Crippen molar-refractivity contribution in [1.29, 1.82) is 0 Å². The second-order valence-corrected chi connectivity index (χ2v) is 1.56. The van der Waals surface area contributed by atoms with E-state index in [1.54, 1.807) is 0 Å². The Labute approximate surface area is 74.8 Å². The molecular weight excluding hydrogens is 309 g/mol. The van der Waals surface area contributed by atoms with Gasteiger partial charge in [-0.05, 0) is 11.6 Å². The van der Waals surface area contributed by atoms with Crippen LogP contribution in [0.25, 0.3) is 0 Å². The Morgan fingerprint density at radius 3 is 1.78 bits per heavy atom. The molecule has 0 N–H and O–H groups in total. The van der Waals surface area contributed by atoms with Gasteiger partial charge in [-0.3, -0.25) is 4.79 Å². The fourth-order valence-electron chi connectivity index (χ4n) is 0.288. The number of carbonyl (C=O) groups is 1. The van der Waals surface area contributed by atoms with Gasteiger partial charge >= 0.3 is 26.4 Å². The first-order valence-corrected chi connectivity index (χ1v) is 2.63. The average Bonchev–Trinajstić information content (AvgIpc) is 1.69. The van der Waals surface area contributed by atoms with E-state index in [2.05, 4.69) is 13.8 Å². The molecule has 0 spiro atoms. The first-order chi connectivity index (χ1) is 3.72. The topological polar surface area (TPSA) is 20.3 Å². The van der Waals surface area contributed by atoms with Gasteiger partial charge < -0.3 is 18.7 Å². The molecule has 0 aliphatic carbocycles. The van der Waals surface area contributed by atoms with Gasteiger partial charge in [0.05, 0.1) is 0 Å². The summed E-state index contributed by atoms with van der Waals surface area (Å²) < 4.78 is 0. The van der Waals surface area contributed by atoms with Crippen molar-refractivity contribution in [2.24, 2.45) is 0 Å². The van der Waals surface area contributed by atoms with Crippen molar-refractivity contribution >= 4 is 17.0 Å². The Hall–Kier alpha value is 0.448. The van der Waals surface area contributed by atoms with Gasteiger partial charge in [0.25, 0.3) is 0 Å². The number of hydrogen-bond acceptors (Lipinski definition) is 1. The van der Waals surface area contributed by atoms with E-state index in [1.807, 2.05) is 0 Å². The number of rotatable bonds is 2. The molecule has 4 heteroatoms. The molecule has 0 atom stereocenters. The Morgan fingerprint density at radius 2 is 1.78 bits per heavy atom. The van der Waals surface area contributed by atoms with E-state index < -0.39 is 5.37 Å². The molecule has 0 aromatic rings. The molecular formula is C5H8ClNOW. The monoisotopic (exact) mass is 317 g/mol. The largest absolute Gasteiger partial charge is 2.00 e. The third-order valence-electron chi connectivity index (χ3n) is 0.788. The third kappa shape index (κ3) is 4.92. The minimum atomic E-state index is -0.491. The smallest absolute Gasteiger partial charge is 0.389 e. The Balaban J connectivity index is 0. The first kappa shape index (κ1) is 12.2. The summed E-state index contributed by atoms with van der Waals surface area (Å²) in [6, 6.07) is 0. The van der Waals surface area contributed by atoms with E-state index in [-0.39, 0.29) is 21.1 Å². The molecule has 0 heterocycles. The summed E-state index contributed by atoms with van der Waals surface area (Å²) >= 11 is 5.05. The summed E-state index contributed by atoms with van der Waals surface area (Å²) in [5.74, 6) is 0. The van der Waals surface area contributed by atoms with E-state index >= 15 is 0 Å². The molecule has 0 aromatic heterocycles. The van der Waals surface area contributed by atoms with Gasteiger partial charge in [-0.15, -0.1) is 13.1 Å². The molecule has 9 heavy (non-hydrogen) atoms. The Kier molecular flexibility index (Phi) is 8.87. The molecule has 0 saturated carbocycles. The number of hydrogen-bond donors (Lipinski definition) is 0. The van der Waals surface area contributed by atoms with Gasteiger partial charge in [0.1, 0.15) is 0 Å². The standard InChI is InChI=1S/C5H8ClNO.W/c1-3-7(4-2)5(6)8;/h1-4H2;/q-2;+2. The van der Waals surface area contributed by atoms with E-state index in [9.17, 15) is 4.79 Å². The number of halogens is 1. The van der Waals surface area contributed by atoms with Crippen molar-refractivity contribution in [3.63, 3.8) is 0 Å². The summed E-state index contributed by atoms with van der Waals surface area (Å²) in [7, 11) is 0. The maximum atomic E-state index is 10.2. The Bertz CT molecular complexity index is 85.0. The molecule has 0 aliphatic rings. The number of carbonyl (C=O) groups excluding carboxylic acids is 1. The van der Waals surface area contributed by atoms with Gasteiger partial charge in [-0.2, -0.15) is 0 Å². The van der Waals surface area contributed by atoms with Crippen LogP contribution >= 0.6 is 11.6 Å². The van der Waals surface area contributed by atoms with Crippen LogP contribution in [0.2, 0.25) is 0 Å². The minimum absolute atomic E-state index is 0. The van der Waals surface area contributed by atoms with Crippen LogP contribution < -0.4 is 0 Å². The summed E-state index contributed by atoms with van der Waals surface area (Å²) in [5, 5.41) is -0.491. The average molecular weight is 317 g/mol. The number of amides is 1. The van der Waals surface area contributed by atoms with E-state index in [0.717, 1.165) is 0 Å². The summed E-state index contributed by atoms with van der Waals surface area (Å²) in [6.45, 7) is 7.68.